The first-order valence-corrected chi connectivity index (χ1v) is 10.4. The minimum Gasteiger partial charge on any atom is -0.494 e. The molecule has 1 N–H and O–H groups in total. The molecular weight excluding hydrogens is 414 g/mol. The van der Waals surface area contributed by atoms with Crippen LogP contribution in [0.1, 0.15) is 13.8 Å². The third-order valence-corrected chi connectivity index (χ3v) is 4.69. The van der Waals surface area contributed by atoms with Crippen LogP contribution in [-0.4, -0.2) is 35.1 Å². The van der Waals surface area contributed by atoms with Crippen molar-refractivity contribution in [2.45, 2.75) is 19.1 Å². The molecule has 1 aromatic heterocycles. The topological polar surface area (TPSA) is 86.5 Å². The van der Waals surface area contributed by atoms with Crippen LogP contribution in [0, 0.1) is 0 Å². The molecule has 7 nitrogen and oxygen atoms in total. The Hall–Kier alpha value is -2.71. The number of thioether (sulfide) groups is 1. The summed E-state index contributed by atoms with van der Waals surface area (Å²) < 4.78 is 16.7. The number of benzene rings is 2. The van der Waals surface area contributed by atoms with Gasteiger partial charge in [0, 0.05) is 16.7 Å². The number of carbonyl (C=O) groups is 1. The first-order chi connectivity index (χ1) is 14.1. The van der Waals surface area contributed by atoms with Crippen molar-refractivity contribution >= 4 is 35.0 Å². The van der Waals surface area contributed by atoms with Crippen LogP contribution in [0.3, 0.4) is 0 Å². The van der Waals surface area contributed by atoms with E-state index in [0.717, 1.165) is 17.3 Å². The summed E-state index contributed by atoms with van der Waals surface area (Å²) in [6.07, 6.45) is 0. The summed E-state index contributed by atoms with van der Waals surface area (Å²) in [6.45, 7) is 4.79. The van der Waals surface area contributed by atoms with Gasteiger partial charge >= 0.3 is 0 Å². The summed E-state index contributed by atoms with van der Waals surface area (Å²) in [7, 11) is 0. The molecule has 0 bridgehead atoms. The number of halogens is 1. The molecule has 0 atom stereocenters. The Morgan fingerprint density at radius 3 is 2.72 bits per heavy atom. The van der Waals surface area contributed by atoms with Gasteiger partial charge in [-0.2, -0.15) is 0 Å². The number of anilines is 1. The van der Waals surface area contributed by atoms with Gasteiger partial charge in [-0.25, -0.2) is 0 Å². The normalized spacial score (nSPS) is 10.6. The fourth-order valence-electron chi connectivity index (χ4n) is 2.46. The molecule has 9 heteroatoms. The van der Waals surface area contributed by atoms with Crippen molar-refractivity contribution < 1.29 is 18.7 Å². The predicted molar refractivity (Wildman–Crippen MR) is 113 cm³/mol. The van der Waals surface area contributed by atoms with Crippen molar-refractivity contribution in [2.24, 2.45) is 0 Å². The molecule has 0 aliphatic heterocycles. The highest BCUT2D eigenvalue weighted by molar-refractivity contribution is 7.99. The van der Waals surface area contributed by atoms with Crippen LogP contribution in [0.5, 0.6) is 11.5 Å². The van der Waals surface area contributed by atoms with Crippen LogP contribution in [0.4, 0.5) is 5.69 Å². The fourth-order valence-corrected chi connectivity index (χ4v) is 3.22. The lowest BCUT2D eigenvalue weighted by Crippen LogP contribution is -2.15. The monoisotopic (exact) mass is 433 g/mol. The van der Waals surface area contributed by atoms with Gasteiger partial charge < -0.3 is 19.2 Å². The molecule has 0 saturated heterocycles. The molecule has 0 fully saturated rings. The number of aromatic nitrogens is 2. The van der Waals surface area contributed by atoms with Gasteiger partial charge in [0.2, 0.25) is 11.8 Å². The Bertz CT molecular complexity index is 980. The van der Waals surface area contributed by atoms with Crippen LogP contribution in [0.25, 0.3) is 11.5 Å². The van der Waals surface area contributed by atoms with E-state index in [1.807, 2.05) is 19.9 Å². The second-order valence-corrected chi connectivity index (χ2v) is 7.11. The quantitative estimate of drug-likeness (QED) is 0.479. The van der Waals surface area contributed by atoms with E-state index in [4.69, 9.17) is 25.5 Å². The fraction of sp³-hybridized carbons (Fsp3) is 0.250. The molecule has 0 saturated carbocycles. The lowest BCUT2D eigenvalue weighted by atomic mass is 10.2. The average molecular weight is 434 g/mol. The van der Waals surface area contributed by atoms with Crippen molar-refractivity contribution in [1.82, 2.24) is 10.2 Å². The minimum atomic E-state index is -0.230. The number of hydrogen-bond acceptors (Lipinski definition) is 7. The molecule has 2 aromatic carbocycles. The highest BCUT2D eigenvalue weighted by atomic mass is 35.5. The van der Waals surface area contributed by atoms with Crippen LogP contribution in [0.2, 0.25) is 5.02 Å². The van der Waals surface area contributed by atoms with E-state index >= 15 is 0 Å². The van der Waals surface area contributed by atoms with Crippen LogP contribution >= 0.6 is 23.4 Å². The van der Waals surface area contributed by atoms with E-state index < -0.39 is 0 Å². The molecule has 0 aliphatic carbocycles. The molecule has 152 valence electrons. The Labute approximate surface area is 177 Å². The lowest BCUT2D eigenvalue weighted by molar-refractivity contribution is -0.113. The van der Waals surface area contributed by atoms with Crippen molar-refractivity contribution in [3.63, 3.8) is 0 Å². The average Bonchev–Trinajstić information content (AvgIpc) is 3.18. The lowest BCUT2D eigenvalue weighted by Gasteiger charge is -2.13. The van der Waals surface area contributed by atoms with Crippen molar-refractivity contribution in [1.29, 1.82) is 0 Å². The standard InChI is InChI=1S/C20H20ClN3O4S/c1-3-26-15-8-9-17(27-4-2)16(11-15)22-18(25)12-29-20-24-23-19(28-20)13-6-5-7-14(21)10-13/h5-11H,3-4,12H2,1-2H3,(H,22,25). The molecule has 1 heterocycles. The summed E-state index contributed by atoms with van der Waals surface area (Å²) >= 11 is 7.12. The number of carbonyl (C=O) groups excluding carboxylic acids is 1. The first-order valence-electron chi connectivity index (χ1n) is 9.00. The predicted octanol–water partition coefficient (Wildman–Crippen LogP) is 4.92. The van der Waals surface area contributed by atoms with Gasteiger partial charge in [0.05, 0.1) is 24.7 Å². The number of amides is 1. The Balaban J connectivity index is 1.62. The van der Waals surface area contributed by atoms with Crippen LogP contribution in [-0.2, 0) is 4.79 Å². The van der Waals surface area contributed by atoms with Crippen LogP contribution in [0.15, 0.2) is 52.1 Å². The van der Waals surface area contributed by atoms with E-state index in [9.17, 15) is 4.79 Å². The van der Waals surface area contributed by atoms with E-state index in [1.165, 1.54) is 0 Å². The van der Waals surface area contributed by atoms with Crippen molar-refractivity contribution in [2.75, 3.05) is 24.3 Å². The Morgan fingerprint density at radius 1 is 1.14 bits per heavy atom. The highest BCUT2D eigenvalue weighted by Crippen LogP contribution is 2.30. The zero-order chi connectivity index (χ0) is 20.6. The number of hydrogen-bond donors (Lipinski definition) is 1. The van der Waals surface area contributed by atoms with Crippen molar-refractivity contribution in [3.8, 4) is 23.0 Å². The molecule has 29 heavy (non-hydrogen) atoms. The molecule has 0 aliphatic rings. The van der Waals surface area contributed by atoms with Gasteiger partial charge in [-0.3, -0.25) is 4.79 Å². The Kier molecular flexibility index (Phi) is 7.37. The third kappa shape index (κ3) is 5.88. The molecule has 0 radical (unpaired) electrons. The second-order valence-electron chi connectivity index (χ2n) is 5.74. The van der Waals surface area contributed by atoms with Crippen LogP contribution < -0.4 is 14.8 Å². The molecule has 0 spiro atoms. The number of nitrogens with zero attached hydrogens (tertiary/aromatic N) is 2. The Morgan fingerprint density at radius 2 is 1.97 bits per heavy atom. The molecular formula is C20H20ClN3O4S. The van der Waals surface area contributed by atoms with Gasteiger partial charge in [0.25, 0.3) is 5.22 Å². The summed E-state index contributed by atoms with van der Waals surface area (Å²) in [4.78, 5) is 12.4. The maximum Gasteiger partial charge on any atom is 0.277 e. The first kappa shape index (κ1) is 21.0. The van der Waals surface area contributed by atoms with E-state index in [2.05, 4.69) is 15.5 Å². The van der Waals surface area contributed by atoms with Gasteiger partial charge in [0.1, 0.15) is 11.5 Å². The number of ether oxygens (including phenoxy) is 2. The maximum atomic E-state index is 12.4. The second kappa shape index (κ2) is 10.2. The van der Waals surface area contributed by atoms with Crippen molar-refractivity contribution in [3.05, 3.63) is 47.5 Å². The van der Waals surface area contributed by atoms with E-state index in [-0.39, 0.29) is 11.7 Å². The largest absolute Gasteiger partial charge is 0.494 e. The number of rotatable bonds is 9. The summed E-state index contributed by atoms with van der Waals surface area (Å²) in [6, 6.07) is 12.4. The van der Waals surface area contributed by atoms with E-state index in [1.54, 1.807) is 36.4 Å². The van der Waals surface area contributed by atoms with Gasteiger partial charge in [-0.1, -0.05) is 29.4 Å². The van der Waals surface area contributed by atoms with Gasteiger partial charge in [-0.15, -0.1) is 10.2 Å². The minimum absolute atomic E-state index is 0.0988. The highest BCUT2D eigenvalue weighted by Gasteiger charge is 2.14. The molecule has 3 aromatic rings. The molecule has 0 unspecified atom stereocenters. The third-order valence-electron chi connectivity index (χ3n) is 3.64. The maximum absolute atomic E-state index is 12.4. The zero-order valence-electron chi connectivity index (χ0n) is 16.0. The van der Waals surface area contributed by atoms with E-state index in [0.29, 0.717) is 46.5 Å². The number of nitrogens with one attached hydrogen (secondary N) is 1. The van der Waals surface area contributed by atoms with Gasteiger partial charge in [-0.05, 0) is 44.2 Å². The smallest absolute Gasteiger partial charge is 0.277 e. The SMILES string of the molecule is CCOc1ccc(OCC)c(NC(=O)CSc2nnc(-c3cccc(Cl)c3)o2)c1. The molecule has 3 rings (SSSR count). The van der Waals surface area contributed by atoms with Gasteiger partial charge in [0.15, 0.2) is 0 Å². The summed E-state index contributed by atoms with van der Waals surface area (Å²) in [5, 5.41) is 11.7. The summed E-state index contributed by atoms with van der Waals surface area (Å²) in [5.74, 6) is 1.45. The molecule has 1 amide bonds. The zero-order valence-corrected chi connectivity index (χ0v) is 17.5. The summed E-state index contributed by atoms with van der Waals surface area (Å²) in [5.41, 5.74) is 1.27.